The largest absolute Gasteiger partial charge is 0.345 e. The molecule has 0 aliphatic rings. The third-order valence-electron chi connectivity index (χ3n) is 2.22. The fourth-order valence-electron chi connectivity index (χ4n) is 1.32. The molecule has 0 aliphatic carbocycles. The van der Waals surface area contributed by atoms with Crippen molar-refractivity contribution in [1.29, 1.82) is 0 Å². The van der Waals surface area contributed by atoms with Gasteiger partial charge < -0.3 is 10.3 Å². The topological polar surface area (TPSA) is 147 Å². The molecule has 10 heteroatoms. The van der Waals surface area contributed by atoms with Gasteiger partial charge in [0.1, 0.15) is 17.7 Å². The first-order valence-corrected chi connectivity index (χ1v) is 5.07. The van der Waals surface area contributed by atoms with Crippen molar-refractivity contribution in [2.75, 3.05) is 0 Å². The summed E-state index contributed by atoms with van der Waals surface area (Å²) in [6, 6.07) is 0.911. The molecule has 0 bridgehead atoms. The lowest BCUT2D eigenvalue weighted by Crippen LogP contribution is -2.29. The molecule has 2 aromatic rings. The lowest BCUT2D eigenvalue weighted by Gasteiger charge is -2.02. The number of hydrogen-bond donors (Lipinski definition) is 3. The molecular weight excluding hydrogens is 256 g/mol. The van der Waals surface area contributed by atoms with Gasteiger partial charge in [-0.3, -0.25) is 24.8 Å². The Balaban J connectivity index is 2.16. The third kappa shape index (κ3) is 2.80. The second kappa shape index (κ2) is 5.08. The molecule has 19 heavy (non-hydrogen) atoms. The number of nitrogens with zero attached hydrogens (tertiary/aromatic N) is 3. The molecule has 1 amide bonds. The smallest absolute Gasteiger partial charge is 0.286 e. The summed E-state index contributed by atoms with van der Waals surface area (Å²) in [6.07, 6.45) is 2.19. The van der Waals surface area contributed by atoms with E-state index in [4.69, 9.17) is 0 Å². The zero-order valence-corrected chi connectivity index (χ0v) is 9.41. The standard InChI is InChI=1S/C9H8N6O4/c16-8-6(1-5(2-10-8)15(18)19)9(17)11-3-7-12-4-13-14-7/h1-2,4H,3H2,(H,10,16)(H,11,17)(H,12,13,14). The number of pyridine rings is 1. The highest BCUT2D eigenvalue weighted by molar-refractivity contribution is 5.94. The van der Waals surface area contributed by atoms with Crippen LogP contribution in [0.1, 0.15) is 16.2 Å². The summed E-state index contributed by atoms with van der Waals surface area (Å²) in [5.41, 5.74) is -1.42. The van der Waals surface area contributed by atoms with Crippen molar-refractivity contribution in [1.82, 2.24) is 25.5 Å². The molecule has 0 atom stereocenters. The Kier molecular flexibility index (Phi) is 3.32. The maximum atomic E-state index is 11.7. The van der Waals surface area contributed by atoms with Gasteiger partial charge in [0, 0.05) is 6.07 Å². The Hall–Kier alpha value is -3.04. The van der Waals surface area contributed by atoms with E-state index in [0.29, 0.717) is 5.82 Å². The van der Waals surface area contributed by atoms with Crippen LogP contribution < -0.4 is 10.9 Å². The molecule has 10 nitrogen and oxygen atoms in total. The van der Waals surface area contributed by atoms with E-state index < -0.39 is 16.4 Å². The zero-order chi connectivity index (χ0) is 13.8. The highest BCUT2D eigenvalue weighted by atomic mass is 16.6. The summed E-state index contributed by atoms with van der Waals surface area (Å²) < 4.78 is 0. The quantitative estimate of drug-likeness (QED) is 0.493. The van der Waals surface area contributed by atoms with Crippen LogP contribution in [0.2, 0.25) is 0 Å². The van der Waals surface area contributed by atoms with Crippen LogP contribution in [0.15, 0.2) is 23.4 Å². The predicted molar refractivity (Wildman–Crippen MR) is 61.3 cm³/mol. The summed E-state index contributed by atoms with van der Waals surface area (Å²) in [5, 5.41) is 19.1. The first kappa shape index (κ1) is 12.4. The first-order chi connectivity index (χ1) is 9.08. The second-order valence-corrected chi connectivity index (χ2v) is 3.47. The van der Waals surface area contributed by atoms with Crippen LogP contribution >= 0.6 is 0 Å². The highest BCUT2D eigenvalue weighted by Crippen LogP contribution is 2.08. The molecule has 2 rings (SSSR count). The molecule has 0 saturated heterocycles. The number of rotatable bonds is 4. The Labute approximate surface area is 105 Å². The molecule has 2 heterocycles. The number of H-pyrrole nitrogens is 2. The summed E-state index contributed by atoms with van der Waals surface area (Å²) in [5.74, 6) is -0.337. The molecule has 0 aromatic carbocycles. The van der Waals surface area contributed by atoms with Crippen molar-refractivity contribution >= 4 is 11.6 Å². The minimum absolute atomic E-state index is 0.0287. The van der Waals surface area contributed by atoms with Crippen LogP contribution in [0.3, 0.4) is 0 Å². The molecule has 2 aromatic heterocycles. The van der Waals surface area contributed by atoms with Gasteiger partial charge in [-0.2, -0.15) is 5.10 Å². The maximum Gasteiger partial charge on any atom is 0.286 e. The Morgan fingerprint density at radius 1 is 1.53 bits per heavy atom. The summed E-state index contributed by atoms with van der Waals surface area (Å²) in [6.45, 7) is 0.0287. The lowest BCUT2D eigenvalue weighted by atomic mass is 10.2. The van der Waals surface area contributed by atoms with E-state index in [2.05, 4.69) is 25.5 Å². The Morgan fingerprint density at radius 3 is 2.95 bits per heavy atom. The van der Waals surface area contributed by atoms with Crippen molar-refractivity contribution in [3.8, 4) is 0 Å². The summed E-state index contributed by atoms with van der Waals surface area (Å²) >= 11 is 0. The van der Waals surface area contributed by atoms with Gasteiger partial charge in [0.2, 0.25) is 0 Å². The number of carbonyl (C=O) groups excluding carboxylic acids is 1. The maximum absolute atomic E-state index is 11.7. The van der Waals surface area contributed by atoms with E-state index in [0.717, 1.165) is 12.3 Å². The number of nitrogens with one attached hydrogen (secondary N) is 3. The van der Waals surface area contributed by atoms with Crippen LogP contribution in [0.25, 0.3) is 0 Å². The minimum Gasteiger partial charge on any atom is -0.345 e. The third-order valence-corrected chi connectivity index (χ3v) is 2.22. The molecule has 0 spiro atoms. The molecule has 0 aliphatic heterocycles. The van der Waals surface area contributed by atoms with E-state index in [9.17, 15) is 19.7 Å². The lowest BCUT2D eigenvalue weighted by molar-refractivity contribution is -0.385. The van der Waals surface area contributed by atoms with E-state index >= 15 is 0 Å². The molecule has 0 saturated carbocycles. The number of aromatic amines is 2. The number of aromatic nitrogens is 4. The first-order valence-electron chi connectivity index (χ1n) is 5.07. The van der Waals surface area contributed by atoms with Gasteiger partial charge in [-0.15, -0.1) is 0 Å². The van der Waals surface area contributed by atoms with E-state index in [1.807, 2.05) is 0 Å². The summed E-state index contributed by atoms with van der Waals surface area (Å²) in [7, 11) is 0. The second-order valence-electron chi connectivity index (χ2n) is 3.47. The van der Waals surface area contributed by atoms with Crippen LogP contribution in [0, 0.1) is 10.1 Å². The van der Waals surface area contributed by atoms with E-state index in [1.165, 1.54) is 6.33 Å². The molecular formula is C9H8N6O4. The number of hydrogen-bond acceptors (Lipinski definition) is 6. The fraction of sp³-hybridized carbons (Fsp3) is 0.111. The van der Waals surface area contributed by atoms with Crippen LogP contribution in [-0.4, -0.2) is 31.0 Å². The van der Waals surface area contributed by atoms with Crippen molar-refractivity contribution in [3.63, 3.8) is 0 Å². The van der Waals surface area contributed by atoms with Gasteiger partial charge >= 0.3 is 0 Å². The zero-order valence-electron chi connectivity index (χ0n) is 9.41. The normalized spacial score (nSPS) is 10.1. The van der Waals surface area contributed by atoms with Crippen molar-refractivity contribution < 1.29 is 9.72 Å². The number of nitro groups is 1. The highest BCUT2D eigenvalue weighted by Gasteiger charge is 2.16. The summed E-state index contributed by atoms with van der Waals surface area (Å²) in [4.78, 5) is 38.9. The van der Waals surface area contributed by atoms with Gasteiger partial charge in [0.05, 0.1) is 17.7 Å². The van der Waals surface area contributed by atoms with E-state index in [1.54, 1.807) is 0 Å². The molecule has 3 N–H and O–H groups in total. The Morgan fingerprint density at radius 2 is 2.32 bits per heavy atom. The average Bonchev–Trinajstić information content (AvgIpc) is 2.89. The van der Waals surface area contributed by atoms with Gasteiger partial charge in [-0.25, -0.2) is 4.98 Å². The van der Waals surface area contributed by atoms with Gasteiger partial charge in [0.25, 0.3) is 17.2 Å². The van der Waals surface area contributed by atoms with Crippen molar-refractivity contribution in [3.05, 3.63) is 50.4 Å². The van der Waals surface area contributed by atoms with Gasteiger partial charge in [0.15, 0.2) is 0 Å². The molecule has 0 radical (unpaired) electrons. The van der Waals surface area contributed by atoms with Gasteiger partial charge in [-0.05, 0) is 0 Å². The minimum atomic E-state index is -0.735. The fourth-order valence-corrected chi connectivity index (χ4v) is 1.32. The van der Waals surface area contributed by atoms with E-state index in [-0.39, 0.29) is 17.8 Å². The monoisotopic (exact) mass is 264 g/mol. The SMILES string of the molecule is O=C(NCc1ncn[nH]1)c1cc([N+](=O)[O-])c[nH]c1=O. The molecule has 0 unspecified atom stereocenters. The van der Waals surface area contributed by atoms with Crippen LogP contribution in [-0.2, 0) is 6.54 Å². The molecule has 0 fully saturated rings. The number of amides is 1. The van der Waals surface area contributed by atoms with Crippen molar-refractivity contribution in [2.45, 2.75) is 6.54 Å². The average molecular weight is 264 g/mol. The molecule has 98 valence electrons. The Bertz CT molecular complexity index is 662. The van der Waals surface area contributed by atoms with Crippen LogP contribution in [0.4, 0.5) is 5.69 Å². The van der Waals surface area contributed by atoms with Crippen molar-refractivity contribution in [2.24, 2.45) is 0 Å². The van der Waals surface area contributed by atoms with Gasteiger partial charge in [-0.1, -0.05) is 0 Å². The predicted octanol–water partition coefficient (Wildman–Crippen LogP) is -0.669. The van der Waals surface area contributed by atoms with Crippen LogP contribution in [0.5, 0.6) is 0 Å². The number of carbonyl (C=O) groups is 1.